The Kier molecular flexibility index (Phi) is 2.92. The van der Waals surface area contributed by atoms with E-state index in [0.717, 1.165) is 16.8 Å². The summed E-state index contributed by atoms with van der Waals surface area (Å²) in [7, 11) is 0. The topological polar surface area (TPSA) is 25.8 Å². The van der Waals surface area contributed by atoms with E-state index in [2.05, 4.69) is 42.0 Å². The maximum Gasteiger partial charge on any atom is 0.222 e. The van der Waals surface area contributed by atoms with Gasteiger partial charge in [0.1, 0.15) is 0 Å². The van der Waals surface area contributed by atoms with Crippen molar-refractivity contribution in [2.45, 2.75) is 20.8 Å². The van der Waals surface area contributed by atoms with Crippen LogP contribution in [-0.4, -0.2) is 9.97 Å². The van der Waals surface area contributed by atoms with Crippen molar-refractivity contribution in [3.05, 3.63) is 46.4 Å². The molecule has 2 nitrogen and oxygen atoms in total. The first kappa shape index (κ1) is 11.1. The van der Waals surface area contributed by atoms with Gasteiger partial charge in [0.15, 0.2) is 0 Å². The Balaban J connectivity index is 2.62. The number of nitrogens with zero attached hydrogens (tertiary/aromatic N) is 2. The standard InChI is InChI=1S/C13H13ClN2/c1-8-4-5-11(9(2)6-8)12-10(3)7-15-13(14)16-12/h4-7H,1-3H3. The van der Waals surface area contributed by atoms with E-state index in [1.807, 2.05) is 6.92 Å². The van der Waals surface area contributed by atoms with Gasteiger partial charge in [-0.3, -0.25) is 0 Å². The molecule has 0 bridgehead atoms. The molecule has 3 heteroatoms. The highest BCUT2D eigenvalue weighted by molar-refractivity contribution is 6.28. The van der Waals surface area contributed by atoms with Crippen LogP contribution in [0.15, 0.2) is 24.4 Å². The second-order valence-corrected chi connectivity index (χ2v) is 4.33. The molecule has 16 heavy (non-hydrogen) atoms. The molecule has 0 saturated heterocycles. The number of rotatable bonds is 1. The summed E-state index contributed by atoms with van der Waals surface area (Å²) in [6.07, 6.45) is 1.75. The fourth-order valence-electron chi connectivity index (χ4n) is 1.77. The maximum atomic E-state index is 5.83. The SMILES string of the molecule is Cc1ccc(-c2nc(Cl)ncc2C)c(C)c1. The van der Waals surface area contributed by atoms with Gasteiger partial charge in [0.25, 0.3) is 0 Å². The number of aromatic nitrogens is 2. The Morgan fingerprint density at radius 2 is 1.81 bits per heavy atom. The van der Waals surface area contributed by atoms with Crippen LogP contribution in [0.5, 0.6) is 0 Å². The van der Waals surface area contributed by atoms with Crippen LogP contribution in [0.3, 0.4) is 0 Å². The molecule has 82 valence electrons. The Morgan fingerprint density at radius 1 is 1.06 bits per heavy atom. The van der Waals surface area contributed by atoms with Crippen molar-refractivity contribution in [2.24, 2.45) is 0 Å². The average molecular weight is 233 g/mol. The number of halogens is 1. The first-order valence-corrected chi connectivity index (χ1v) is 5.52. The van der Waals surface area contributed by atoms with Crippen molar-refractivity contribution in [3.8, 4) is 11.3 Å². The molecular formula is C13H13ClN2. The van der Waals surface area contributed by atoms with Gasteiger partial charge in [0, 0.05) is 11.8 Å². The van der Waals surface area contributed by atoms with E-state index in [-0.39, 0.29) is 0 Å². The second-order valence-electron chi connectivity index (χ2n) is 3.99. The molecule has 1 aromatic carbocycles. The van der Waals surface area contributed by atoms with Gasteiger partial charge in [-0.15, -0.1) is 0 Å². The maximum absolute atomic E-state index is 5.83. The summed E-state index contributed by atoms with van der Waals surface area (Å²) in [5, 5.41) is 0.292. The first-order chi connectivity index (χ1) is 7.58. The normalized spacial score (nSPS) is 10.5. The molecule has 2 aromatic rings. The molecule has 0 spiro atoms. The molecule has 2 rings (SSSR count). The minimum atomic E-state index is 0.292. The molecule has 0 radical (unpaired) electrons. The van der Waals surface area contributed by atoms with E-state index in [1.165, 1.54) is 11.1 Å². The predicted molar refractivity (Wildman–Crippen MR) is 66.7 cm³/mol. The van der Waals surface area contributed by atoms with Crippen LogP contribution in [-0.2, 0) is 0 Å². The lowest BCUT2D eigenvalue weighted by atomic mass is 10.0. The molecule has 0 fully saturated rings. The van der Waals surface area contributed by atoms with Crippen molar-refractivity contribution >= 4 is 11.6 Å². The van der Waals surface area contributed by atoms with Crippen molar-refractivity contribution in [3.63, 3.8) is 0 Å². The van der Waals surface area contributed by atoms with Gasteiger partial charge >= 0.3 is 0 Å². The van der Waals surface area contributed by atoms with E-state index >= 15 is 0 Å². The van der Waals surface area contributed by atoms with Crippen LogP contribution >= 0.6 is 11.6 Å². The third kappa shape index (κ3) is 2.07. The number of aryl methyl sites for hydroxylation is 3. The van der Waals surface area contributed by atoms with Gasteiger partial charge in [0.2, 0.25) is 5.28 Å². The van der Waals surface area contributed by atoms with E-state index in [0.29, 0.717) is 5.28 Å². The summed E-state index contributed by atoms with van der Waals surface area (Å²) in [5.41, 5.74) is 5.53. The highest BCUT2D eigenvalue weighted by atomic mass is 35.5. The van der Waals surface area contributed by atoms with Crippen molar-refractivity contribution < 1.29 is 0 Å². The molecule has 0 unspecified atom stereocenters. The van der Waals surface area contributed by atoms with Crippen molar-refractivity contribution in [1.82, 2.24) is 9.97 Å². The van der Waals surface area contributed by atoms with Crippen LogP contribution in [0.25, 0.3) is 11.3 Å². The van der Waals surface area contributed by atoms with Gasteiger partial charge in [-0.1, -0.05) is 23.8 Å². The Hall–Kier alpha value is -1.41. The summed E-state index contributed by atoms with van der Waals surface area (Å²) in [6.45, 7) is 6.15. The third-order valence-electron chi connectivity index (χ3n) is 2.58. The molecule has 0 atom stereocenters. The lowest BCUT2D eigenvalue weighted by Crippen LogP contribution is -1.94. The third-order valence-corrected chi connectivity index (χ3v) is 2.76. The smallest absolute Gasteiger partial charge is 0.222 e. The zero-order valence-electron chi connectivity index (χ0n) is 9.58. The van der Waals surface area contributed by atoms with Crippen LogP contribution < -0.4 is 0 Å². The van der Waals surface area contributed by atoms with Gasteiger partial charge in [-0.05, 0) is 43.5 Å². The zero-order chi connectivity index (χ0) is 11.7. The van der Waals surface area contributed by atoms with E-state index in [9.17, 15) is 0 Å². The Bertz CT molecular complexity index is 535. The molecular weight excluding hydrogens is 220 g/mol. The van der Waals surface area contributed by atoms with Gasteiger partial charge in [-0.2, -0.15) is 0 Å². The molecule has 0 aliphatic heterocycles. The first-order valence-electron chi connectivity index (χ1n) is 5.14. The summed E-state index contributed by atoms with van der Waals surface area (Å²) in [4.78, 5) is 8.25. The van der Waals surface area contributed by atoms with Crippen LogP contribution in [0.4, 0.5) is 0 Å². The minimum absolute atomic E-state index is 0.292. The summed E-state index contributed by atoms with van der Waals surface area (Å²) in [5.74, 6) is 0. The van der Waals surface area contributed by atoms with E-state index in [1.54, 1.807) is 6.20 Å². The van der Waals surface area contributed by atoms with E-state index in [4.69, 9.17) is 11.6 Å². The highest BCUT2D eigenvalue weighted by Gasteiger charge is 2.08. The average Bonchev–Trinajstić information content (AvgIpc) is 2.22. The Labute approximate surface area is 100 Å². The number of hydrogen-bond donors (Lipinski definition) is 0. The summed E-state index contributed by atoms with van der Waals surface area (Å²) in [6, 6.07) is 6.30. The molecule has 0 aliphatic carbocycles. The predicted octanol–water partition coefficient (Wildman–Crippen LogP) is 3.72. The molecule has 0 N–H and O–H groups in total. The largest absolute Gasteiger partial charge is 0.226 e. The number of benzene rings is 1. The minimum Gasteiger partial charge on any atom is -0.226 e. The van der Waals surface area contributed by atoms with Gasteiger partial charge < -0.3 is 0 Å². The molecule has 0 aliphatic rings. The quantitative estimate of drug-likeness (QED) is 0.701. The lowest BCUT2D eigenvalue weighted by Gasteiger charge is -2.08. The fourth-order valence-corrected chi connectivity index (χ4v) is 1.91. The zero-order valence-corrected chi connectivity index (χ0v) is 10.3. The number of hydrogen-bond acceptors (Lipinski definition) is 2. The van der Waals surface area contributed by atoms with Crippen molar-refractivity contribution in [2.75, 3.05) is 0 Å². The fraction of sp³-hybridized carbons (Fsp3) is 0.231. The van der Waals surface area contributed by atoms with Crippen molar-refractivity contribution in [1.29, 1.82) is 0 Å². The lowest BCUT2D eigenvalue weighted by molar-refractivity contribution is 1.13. The molecule has 0 amide bonds. The van der Waals surface area contributed by atoms with Gasteiger partial charge in [-0.25, -0.2) is 9.97 Å². The molecule has 0 saturated carbocycles. The van der Waals surface area contributed by atoms with Crippen LogP contribution in [0, 0.1) is 20.8 Å². The van der Waals surface area contributed by atoms with Gasteiger partial charge in [0.05, 0.1) is 5.69 Å². The monoisotopic (exact) mass is 232 g/mol. The highest BCUT2D eigenvalue weighted by Crippen LogP contribution is 2.25. The van der Waals surface area contributed by atoms with Crippen LogP contribution in [0.2, 0.25) is 5.28 Å². The molecule has 1 heterocycles. The Morgan fingerprint density at radius 3 is 2.50 bits per heavy atom. The second kappa shape index (κ2) is 4.22. The summed E-state index contributed by atoms with van der Waals surface area (Å²) >= 11 is 5.83. The van der Waals surface area contributed by atoms with E-state index < -0.39 is 0 Å². The van der Waals surface area contributed by atoms with Crippen LogP contribution in [0.1, 0.15) is 16.7 Å². The summed E-state index contributed by atoms with van der Waals surface area (Å²) < 4.78 is 0. The molecule has 1 aromatic heterocycles.